The summed E-state index contributed by atoms with van der Waals surface area (Å²) in [7, 11) is 3.63. The molecule has 0 heterocycles. The van der Waals surface area contributed by atoms with E-state index in [0.29, 0.717) is 0 Å². The van der Waals surface area contributed by atoms with Crippen LogP contribution in [0.3, 0.4) is 0 Å². The van der Waals surface area contributed by atoms with Crippen molar-refractivity contribution in [3.63, 3.8) is 0 Å². The lowest BCUT2D eigenvalue weighted by Crippen LogP contribution is -2.19. The smallest absolute Gasteiger partial charge is 0.127 e. The summed E-state index contributed by atoms with van der Waals surface area (Å²) in [6.07, 6.45) is 5.98. The molecule has 0 aromatic rings. The molecular weight excluding hydrogens is 160 g/mol. The summed E-state index contributed by atoms with van der Waals surface area (Å²) < 4.78 is 0. The van der Waals surface area contributed by atoms with Crippen LogP contribution in [0.4, 0.5) is 0 Å². The molecule has 13 heavy (non-hydrogen) atoms. The van der Waals surface area contributed by atoms with E-state index in [1.807, 2.05) is 39.1 Å². The summed E-state index contributed by atoms with van der Waals surface area (Å²) in [4.78, 5) is 4.11. The van der Waals surface area contributed by atoms with Crippen LogP contribution in [0.25, 0.3) is 0 Å². The van der Waals surface area contributed by atoms with Crippen LogP contribution in [0.2, 0.25) is 0 Å². The molecule has 72 valence electrons. The fourth-order valence-corrected chi connectivity index (χ4v) is 0.929. The van der Waals surface area contributed by atoms with Crippen molar-refractivity contribution in [3.8, 4) is 0 Å². The maximum Gasteiger partial charge on any atom is 0.127 e. The molecule has 0 bridgehead atoms. The molecule has 0 aliphatic heterocycles. The fourth-order valence-electron chi connectivity index (χ4n) is 0.929. The molecule has 0 saturated heterocycles. The van der Waals surface area contributed by atoms with Crippen LogP contribution in [0.5, 0.6) is 0 Å². The Hall–Kier alpha value is -1.31. The van der Waals surface area contributed by atoms with Gasteiger partial charge in [-0.3, -0.25) is 4.99 Å². The molecule has 0 fully saturated rings. The Morgan fingerprint density at radius 1 is 1.38 bits per heavy atom. The van der Waals surface area contributed by atoms with Crippen LogP contribution < -0.4 is 5.32 Å². The van der Waals surface area contributed by atoms with Crippen molar-refractivity contribution in [3.05, 3.63) is 36.0 Å². The van der Waals surface area contributed by atoms with Gasteiger partial charge in [-0.1, -0.05) is 30.4 Å². The van der Waals surface area contributed by atoms with Crippen LogP contribution in [0.1, 0.15) is 13.8 Å². The predicted molar refractivity (Wildman–Crippen MR) is 60.1 cm³/mol. The van der Waals surface area contributed by atoms with E-state index in [2.05, 4.69) is 16.9 Å². The van der Waals surface area contributed by atoms with E-state index >= 15 is 0 Å². The lowest BCUT2D eigenvalue weighted by Gasteiger charge is -2.04. The molecule has 0 aromatic heterocycles. The monoisotopic (exact) mass is 178 g/mol. The average molecular weight is 178 g/mol. The Labute approximate surface area is 80.8 Å². The molecule has 2 nitrogen and oxygen atoms in total. The van der Waals surface area contributed by atoms with Crippen molar-refractivity contribution in [2.45, 2.75) is 13.8 Å². The first-order chi connectivity index (χ1) is 6.15. The van der Waals surface area contributed by atoms with Crippen LogP contribution in [-0.4, -0.2) is 19.9 Å². The molecule has 0 atom stereocenters. The van der Waals surface area contributed by atoms with Crippen LogP contribution in [0, 0.1) is 0 Å². The highest BCUT2D eigenvalue weighted by Gasteiger charge is 1.97. The minimum Gasteiger partial charge on any atom is -0.373 e. The summed E-state index contributed by atoms with van der Waals surface area (Å²) in [6, 6.07) is 0. The van der Waals surface area contributed by atoms with Crippen molar-refractivity contribution >= 4 is 5.84 Å². The number of hydrogen-bond acceptors (Lipinski definition) is 1. The molecule has 0 radical (unpaired) electrons. The van der Waals surface area contributed by atoms with Gasteiger partial charge in [0.05, 0.1) is 0 Å². The quantitative estimate of drug-likeness (QED) is 0.400. The SMILES string of the molecule is C=C(C)/C=C\C(=C/C)C(=NC)NC. The highest BCUT2D eigenvalue weighted by Crippen LogP contribution is 2.01. The van der Waals surface area contributed by atoms with Crippen LogP contribution in [0.15, 0.2) is 40.9 Å². The van der Waals surface area contributed by atoms with Crippen molar-refractivity contribution in [1.82, 2.24) is 5.32 Å². The number of nitrogens with one attached hydrogen (secondary N) is 1. The number of likely N-dealkylation sites (N-methyl/N-ethyl adjacent to an activating group) is 1. The highest BCUT2D eigenvalue weighted by molar-refractivity contribution is 6.00. The molecule has 0 aromatic carbocycles. The van der Waals surface area contributed by atoms with Crippen molar-refractivity contribution in [2.75, 3.05) is 14.1 Å². The number of rotatable bonds is 3. The topological polar surface area (TPSA) is 24.4 Å². The summed E-state index contributed by atoms with van der Waals surface area (Å²) in [5, 5.41) is 3.03. The molecule has 0 amide bonds. The van der Waals surface area contributed by atoms with Gasteiger partial charge in [0, 0.05) is 19.7 Å². The van der Waals surface area contributed by atoms with E-state index in [4.69, 9.17) is 0 Å². The highest BCUT2D eigenvalue weighted by atomic mass is 14.9. The number of hydrogen-bond donors (Lipinski definition) is 1. The van der Waals surface area contributed by atoms with Gasteiger partial charge in [0.2, 0.25) is 0 Å². The van der Waals surface area contributed by atoms with Gasteiger partial charge in [0.25, 0.3) is 0 Å². The molecule has 0 spiro atoms. The first kappa shape index (κ1) is 11.7. The minimum absolute atomic E-state index is 0.889. The fraction of sp³-hybridized carbons (Fsp3) is 0.364. The summed E-state index contributed by atoms with van der Waals surface area (Å²) in [5.41, 5.74) is 2.11. The van der Waals surface area contributed by atoms with E-state index in [-0.39, 0.29) is 0 Å². The third-order valence-electron chi connectivity index (χ3n) is 1.59. The number of amidine groups is 1. The Balaban J connectivity index is 4.64. The van der Waals surface area contributed by atoms with Gasteiger partial charge in [-0.15, -0.1) is 0 Å². The van der Waals surface area contributed by atoms with E-state index in [1.165, 1.54) is 0 Å². The number of allylic oxidation sites excluding steroid dienone is 3. The third kappa shape index (κ3) is 4.31. The Morgan fingerprint density at radius 2 is 2.00 bits per heavy atom. The maximum atomic E-state index is 4.11. The summed E-state index contributed by atoms with van der Waals surface area (Å²) in [6.45, 7) is 7.75. The van der Waals surface area contributed by atoms with E-state index < -0.39 is 0 Å². The molecule has 0 aliphatic carbocycles. The van der Waals surface area contributed by atoms with Gasteiger partial charge >= 0.3 is 0 Å². The van der Waals surface area contributed by atoms with Gasteiger partial charge in [-0.25, -0.2) is 0 Å². The standard InChI is InChI=1S/C11H18N2/c1-6-10(8-7-9(2)3)11(12-4)13-5/h6-8H,2H2,1,3-5H3,(H,12,13)/b8-7-,10-6+. The normalized spacial score (nSPS) is 13.5. The Kier molecular flexibility index (Phi) is 5.60. The number of aliphatic imine (C=N–C) groups is 1. The van der Waals surface area contributed by atoms with E-state index in [9.17, 15) is 0 Å². The summed E-state index contributed by atoms with van der Waals surface area (Å²) in [5.74, 6) is 0.889. The zero-order chi connectivity index (χ0) is 10.3. The molecule has 2 heteroatoms. The lowest BCUT2D eigenvalue weighted by molar-refractivity contribution is 1.15. The Morgan fingerprint density at radius 3 is 2.31 bits per heavy atom. The second-order valence-electron chi connectivity index (χ2n) is 2.75. The zero-order valence-corrected chi connectivity index (χ0v) is 8.89. The van der Waals surface area contributed by atoms with E-state index in [1.54, 1.807) is 7.05 Å². The molecule has 0 aliphatic rings. The third-order valence-corrected chi connectivity index (χ3v) is 1.59. The lowest BCUT2D eigenvalue weighted by atomic mass is 10.2. The van der Waals surface area contributed by atoms with E-state index in [0.717, 1.165) is 17.0 Å². The van der Waals surface area contributed by atoms with Crippen molar-refractivity contribution < 1.29 is 0 Å². The molecule has 0 rings (SSSR count). The Bertz CT molecular complexity index is 257. The largest absolute Gasteiger partial charge is 0.373 e. The van der Waals surface area contributed by atoms with Crippen molar-refractivity contribution in [1.29, 1.82) is 0 Å². The van der Waals surface area contributed by atoms with Crippen LogP contribution >= 0.6 is 0 Å². The maximum absolute atomic E-state index is 4.11. The van der Waals surface area contributed by atoms with Crippen LogP contribution in [-0.2, 0) is 0 Å². The minimum atomic E-state index is 0.889. The predicted octanol–water partition coefficient (Wildman–Crippen LogP) is 2.31. The van der Waals surface area contributed by atoms with Gasteiger partial charge in [0.1, 0.15) is 5.84 Å². The first-order valence-corrected chi connectivity index (χ1v) is 4.30. The zero-order valence-electron chi connectivity index (χ0n) is 8.89. The second-order valence-corrected chi connectivity index (χ2v) is 2.75. The number of nitrogens with zero attached hydrogens (tertiary/aromatic N) is 1. The van der Waals surface area contributed by atoms with Crippen molar-refractivity contribution in [2.24, 2.45) is 4.99 Å². The second kappa shape index (κ2) is 6.23. The van der Waals surface area contributed by atoms with Gasteiger partial charge in [-0.2, -0.15) is 0 Å². The molecule has 0 unspecified atom stereocenters. The van der Waals surface area contributed by atoms with Gasteiger partial charge in [0.15, 0.2) is 0 Å². The molecule has 0 saturated carbocycles. The molecular formula is C11H18N2. The van der Waals surface area contributed by atoms with Gasteiger partial charge in [-0.05, 0) is 13.8 Å². The van der Waals surface area contributed by atoms with Gasteiger partial charge < -0.3 is 5.32 Å². The summed E-state index contributed by atoms with van der Waals surface area (Å²) >= 11 is 0. The first-order valence-electron chi connectivity index (χ1n) is 4.30. The average Bonchev–Trinajstić information content (AvgIpc) is 2.11. The molecule has 1 N–H and O–H groups in total.